The molecule has 128 valence electrons. The molecule has 7 nitrogen and oxygen atoms in total. The summed E-state index contributed by atoms with van der Waals surface area (Å²) in [6.45, 7) is 5.73. The summed E-state index contributed by atoms with van der Waals surface area (Å²) in [6.07, 6.45) is 6.50. The van der Waals surface area contributed by atoms with Gasteiger partial charge in [-0.25, -0.2) is 4.79 Å². The molecule has 0 amide bonds. The number of aromatic nitrogens is 3. The van der Waals surface area contributed by atoms with Crippen LogP contribution in [0.3, 0.4) is 0 Å². The topological polar surface area (TPSA) is 74.4 Å². The largest absolute Gasteiger partial charge is 0.464 e. The number of pyridine rings is 1. The molecule has 0 aliphatic carbocycles. The van der Waals surface area contributed by atoms with E-state index in [2.05, 4.69) is 37.1 Å². The normalized spacial score (nSPS) is 16.7. The van der Waals surface area contributed by atoms with Crippen molar-refractivity contribution in [3.05, 3.63) is 47.5 Å². The third-order valence-electron chi connectivity index (χ3n) is 4.34. The molecule has 7 heteroatoms. The number of ether oxygens (including phenoxy) is 1. The number of carbonyl (C=O) groups is 1. The number of hydrogen-bond acceptors (Lipinski definition) is 6. The Morgan fingerprint density at radius 3 is 2.58 bits per heavy atom. The Morgan fingerprint density at radius 2 is 1.88 bits per heavy atom. The van der Waals surface area contributed by atoms with Gasteiger partial charge in [0.15, 0.2) is 0 Å². The molecule has 0 radical (unpaired) electrons. The van der Waals surface area contributed by atoms with Gasteiger partial charge in [-0.3, -0.25) is 19.9 Å². The van der Waals surface area contributed by atoms with Crippen molar-refractivity contribution < 1.29 is 9.53 Å². The van der Waals surface area contributed by atoms with Gasteiger partial charge < -0.3 is 4.74 Å². The molecule has 0 aromatic carbocycles. The van der Waals surface area contributed by atoms with Crippen LogP contribution in [0.5, 0.6) is 0 Å². The number of nitrogens with one attached hydrogen (secondary N) is 1. The van der Waals surface area contributed by atoms with Gasteiger partial charge in [0.05, 0.1) is 13.3 Å². The standard InChI is InChI=1S/C17H23N5O2/c1-24-17(23)16-15(11-19-20-16)13-22-8-2-7-21(9-10-22)12-14-3-5-18-6-4-14/h3-6,11H,2,7-10,12-13H2,1H3,(H,19,20). The Hall–Kier alpha value is -2.25. The van der Waals surface area contributed by atoms with Crippen molar-refractivity contribution in [3.63, 3.8) is 0 Å². The van der Waals surface area contributed by atoms with Gasteiger partial charge in [-0.1, -0.05) is 0 Å². The Labute approximate surface area is 141 Å². The fourth-order valence-corrected chi connectivity index (χ4v) is 3.04. The summed E-state index contributed by atoms with van der Waals surface area (Å²) < 4.78 is 4.79. The molecule has 1 aliphatic heterocycles. The molecule has 2 aromatic rings. The van der Waals surface area contributed by atoms with Crippen molar-refractivity contribution in [1.29, 1.82) is 0 Å². The van der Waals surface area contributed by atoms with E-state index in [1.54, 1.807) is 6.20 Å². The van der Waals surface area contributed by atoms with E-state index >= 15 is 0 Å². The lowest BCUT2D eigenvalue weighted by Crippen LogP contribution is -2.30. The number of rotatable bonds is 5. The van der Waals surface area contributed by atoms with Crippen LogP contribution in [0.2, 0.25) is 0 Å². The fraction of sp³-hybridized carbons (Fsp3) is 0.471. The third-order valence-corrected chi connectivity index (χ3v) is 4.34. The lowest BCUT2D eigenvalue weighted by atomic mass is 10.2. The SMILES string of the molecule is COC(=O)c1[nH]ncc1CN1CCCN(Cc2ccncc2)CC1. The summed E-state index contributed by atoms with van der Waals surface area (Å²) in [4.78, 5) is 20.6. The van der Waals surface area contributed by atoms with Gasteiger partial charge in [-0.15, -0.1) is 0 Å². The zero-order valence-electron chi connectivity index (χ0n) is 13.9. The predicted molar refractivity (Wildman–Crippen MR) is 89.3 cm³/mol. The highest BCUT2D eigenvalue weighted by Crippen LogP contribution is 2.13. The first kappa shape index (κ1) is 16.6. The zero-order chi connectivity index (χ0) is 16.8. The van der Waals surface area contributed by atoms with Crippen molar-refractivity contribution >= 4 is 5.97 Å². The van der Waals surface area contributed by atoms with Crippen molar-refractivity contribution in [2.45, 2.75) is 19.5 Å². The van der Waals surface area contributed by atoms with E-state index < -0.39 is 0 Å². The maximum Gasteiger partial charge on any atom is 0.356 e. The number of methoxy groups -OCH3 is 1. The Bertz CT molecular complexity index is 658. The second-order valence-corrected chi connectivity index (χ2v) is 6.02. The molecule has 3 rings (SSSR count). The smallest absolute Gasteiger partial charge is 0.356 e. The van der Waals surface area contributed by atoms with Gasteiger partial charge >= 0.3 is 5.97 Å². The summed E-state index contributed by atoms with van der Waals surface area (Å²) in [5.74, 6) is -0.364. The van der Waals surface area contributed by atoms with Crippen molar-refractivity contribution in [1.82, 2.24) is 25.0 Å². The van der Waals surface area contributed by atoms with E-state index in [0.29, 0.717) is 12.2 Å². The molecule has 24 heavy (non-hydrogen) atoms. The number of H-pyrrole nitrogens is 1. The summed E-state index contributed by atoms with van der Waals surface area (Å²) >= 11 is 0. The van der Waals surface area contributed by atoms with Gasteiger partial charge in [0.1, 0.15) is 5.69 Å². The van der Waals surface area contributed by atoms with Crippen molar-refractivity contribution in [2.75, 3.05) is 33.3 Å². The average molecular weight is 329 g/mol. The van der Waals surface area contributed by atoms with E-state index in [1.165, 1.54) is 12.7 Å². The molecule has 2 aromatic heterocycles. The highest BCUT2D eigenvalue weighted by atomic mass is 16.5. The van der Waals surface area contributed by atoms with Crippen molar-refractivity contribution in [3.8, 4) is 0 Å². The molecular formula is C17H23N5O2. The minimum Gasteiger partial charge on any atom is -0.464 e. The van der Waals surface area contributed by atoms with Crippen LogP contribution in [-0.4, -0.2) is 64.2 Å². The summed E-state index contributed by atoms with van der Waals surface area (Å²) in [7, 11) is 1.38. The molecule has 0 atom stereocenters. The maximum absolute atomic E-state index is 11.7. The highest BCUT2D eigenvalue weighted by Gasteiger charge is 2.19. The third kappa shape index (κ3) is 4.18. The summed E-state index contributed by atoms with van der Waals surface area (Å²) in [5.41, 5.74) is 2.64. The van der Waals surface area contributed by atoms with E-state index in [9.17, 15) is 4.79 Å². The van der Waals surface area contributed by atoms with E-state index in [4.69, 9.17) is 4.74 Å². The number of nitrogens with zero attached hydrogens (tertiary/aromatic N) is 4. The molecule has 3 heterocycles. The second kappa shape index (κ2) is 8.03. The minimum absolute atomic E-state index is 0.364. The number of carbonyl (C=O) groups excluding carboxylic acids is 1. The van der Waals surface area contributed by atoms with Crippen LogP contribution >= 0.6 is 0 Å². The number of esters is 1. The monoisotopic (exact) mass is 329 g/mol. The minimum atomic E-state index is -0.364. The van der Waals surface area contributed by atoms with Crippen LogP contribution in [0.15, 0.2) is 30.7 Å². The molecule has 0 unspecified atom stereocenters. The molecule has 0 spiro atoms. The number of hydrogen-bond donors (Lipinski definition) is 1. The van der Waals surface area contributed by atoms with Gasteiger partial charge in [-0.05, 0) is 37.2 Å². The molecule has 1 saturated heterocycles. The zero-order valence-corrected chi connectivity index (χ0v) is 13.9. The summed E-state index contributed by atoms with van der Waals surface area (Å²) in [6, 6.07) is 4.13. The average Bonchev–Trinajstić information content (AvgIpc) is 2.96. The van der Waals surface area contributed by atoms with Crippen LogP contribution in [0.1, 0.15) is 28.0 Å². The van der Waals surface area contributed by atoms with Gasteiger partial charge in [-0.2, -0.15) is 5.10 Å². The Balaban J connectivity index is 1.56. The van der Waals surface area contributed by atoms with Gasteiger partial charge in [0.2, 0.25) is 0 Å². The molecule has 0 saturated carbocycles. The van der Waals surface area contributed by atoms with Crippen LogP contribution < -0.4 is 0 Å². The predicted octanol–water partition coefficient (Wildman–Crippen LogP) is 1.30. The summed E-state index contributed by atoms with van der Waals surface area (Å²) in [5, 5.41) is 6.72. The van der Waals surface area contributed by atoms with E-state index in [1.807, 2.05) is 12.4 Å². The fourth-order valence-electron chi connectivity index (χ4n) is 3.04. The maximum atomic E-state index is 11.7. The van der Waals surface area contributed by atoms with E-state index in [-0.39, 0.29) is 5.97 Å². The molecule has 1 aliphatic rings. The quantitative estimate of drug-likeness (QED) is 0.834. The van der Waals surface area contributed by atoms with Crippen LogP contribution in [0.25, 0.3) is 0 Å². The lowest BCUT2D eigenvalue weighted by molar-refractivity contribution is 0.0591. The molecule has 0 bridgehead atoms. The van der Waals surface area contributed by atoms with Gasteiger partial charge in [0.25, 0.3) is 0 Å². The molecule has 1 fully saturated rings. The van der Waals surface area contributed by atoms with Crippen LogP contribution in [0, 0.1) is 0 Å². The van der Waals surface area contributed by atoms with E-state index in [0.717, 1.165) is 44.7 Å². The number of aromatic amines is 1. The first-order chi connectivity index (χ1) is 11.8. The molecule has 1 N–H and O–H groups in total. The lowest BCUT2D eigenvalue weighted by Gasteiger charge is -2.21. The first-order valence-electron chi connectivity index (χ1n) is 8.20. The van der Waals surface area contributed by atoms with Crippen LogP contribution in [0.4, 0.5) is 0 Å². The molecular weight excluding hydrogens is 306 g/mol. The Kier molecular flexibility index (Phi) is 5.55. The van der Waals surface area contributed by atoms with Gasteiger partial charge in [0, 0.05) is 44.1 Å². The first-order valence-corrected chi connectivity index (χ1v) is 8.20. The van der Waals surface area contributed by atoms with Crippen LogP contribution in [-0.2, 0) is 17.8 Å². The Morgan fingerprint density at radius 1 is 1.17 bits per heavy atom. The second-order valence-electron chi connectivity index (χ2n) is 6.02. The van der Waals surface area contributed by atoms with Crippen molar-refractivity contribution in [2.24, 2.45) is 0 Å². The highest BCUT2D eigenvalue weighted by molar-refractivity contribution is 5.88.